The molecule has 60 valence electrons. The van der Waals surface area contributed by atoms with Crippen molar-refractivity contribution in [1.82, 2.24) is 4.90 Å². The minimum Gasteiger partial charge on any atom is -0.344 e. The van der Waals surface area contributed by atoms with Crippen LogP contribution in [0.25, 0.3) is 0 Å². The summed E-state index contributed by atoms with van der Waals surface area (Å²) in [6.45, 7) is 4.82. The molecule has 0 aliphatic carbocycles. The summed E-state index contributed by atoms with van der Waals surface area (Å²) in [6.07, 6.45) is 0.815. The number of carbonyl (C=O) groups excluding carboxylic acids is 1. The van der Waals surface area contributed by atoms with Gasteiger partial charge in [-0.05, 0) is 6.42 Å². The van der Waals surface area contributed by atoms with E-state index < -0.39 is 0 Å². The van der Waals surface area contributed by atoms with Gasteiger partial charge in [-0.15, -0.1) is 0 Å². The number of hydrogen-bond acceptors (Lipinski definition) is 2. The largest absolute Gasteiger partial charge is 0.344 e. The Morgan fingerprint density at radius 1 is 1.60 bits per heavy atom. The predicted molar refractivity (Wildman–Crippen MR) is 41.6 cm³/mol. The maximum Gasteiger partial charge on any atom is 0.239 e. The quantitative estimate of drug-likeness (QED) is 0.528. The summed E-state index contributed by atoms with van der Waals surface area (Å²) in [5.74, 6) is 0.0741. The van der Waals surface area contributed by atoms with Crippen molar-refractivity contribution in [1.29, 1.82) is 0 Å². The van der Waals surface area contributed by atoms with Gasteiger partial charge in [0.05, 0.1) is 6.04 Å². The second-order valence-electron chi connectivity index (χ2n) is 2.15. The Balaban J connectivity index is 0.000000371. The van der Waals surface area contributed by atoms with Gasteiger partial charge in [-0.25, -0.2) is 0 Å². The zero-order chi connectivity index (χ0) is 8.15. The highest BCUT2D eigenvalue weighted by Crippen LogP contribution is 2.04. The first-order chi connectivity index (χ1) is 4.72. The number of rotatable bonds is 0. The first kappa shape index (κ1) is 9.43. The molecule has 1 rings (SSSR count). The molecule has 0 aromatic rings. The Kier molecular flexibility index (Phi) is 4.03. The zero-order valence-corrected chi connectivity index (χ0v) is 6.92. The molecule has 0 bridgehead atoms. The van der Waals surface area contributed by atoms with E-state index in [1.165, 1.54) is 0 Å². The molecule has 10 heavy (non-hydrogen) atoms. The van der Waals surface area contributed by atoms with Gasteiger partial charge in [-0.1, -0.05) is 13.8 Å². The molecular weight excluding hydrogens is 128 g/mol. The molecule has 3 heteroatoms. The lowest BCUT2D eigenvalue weighted by molar-refractivity contribution is -0.127. The van der Waals surface area contributed by atoms with E-state index in [0.717, 1.165) is 13.0 Å². The van der Waals surface area contributed by atoms with Crippen LogP contribution in [0, 0.1) is 0 Å². The number of nitrogens with two attached hydrogens (primary N) is 1. The molecule has 1 saturated heterocycles. The number of likely N-dealkylation sites (tertiary alicyclic amines) is 1. The minimum atomic E-state index is -0.222. The van der Waals surface area contributed by atoms with Crippen LogP contribution in [0.2, 0.25) is 0 Å². The molecule has 0 aromatic heterocycles. The predicted octanol–water partition coefficient (Wildman–Crippen LogP) is 0.202. The van der Waals surface area contributed by atoms with Crippen molar-refractivity contribution in [2.24, 2.45) is 5.73 Å². The van der Waals surface area contributed by atoms with Gasteiger partial charge in [0.2, 0.25) is 5.91 Å². The summed E-state index contributed by atoms with van der Waals surface area (Å²) in [6, 6.07) is -0.222. The fourth-order valence-electron chi connectivity index (χ4n) is 0.849. The number of hydrogen-bond donors (Lipinski definition) is 1. The fourth-order valence-corrected chi connectivity index (χ4v) is 0.849. The summed E-state index contributed by atoms with van der Waals surface area (Å²) in [5, 5.41) is 0. The van der Waals surface area contributed by atoms with Crippen LogP contribution in [0.5, 0.6) is 0 Å². The summed E-state index contributed by atoms with van der Waals surface area (Å²) < 4.78 is 0. The van der Waals surface area contributed by atoms with Crippen molar-refractivity contribution in [3.63, 3.8) is 0 Å². The Morgan fingerprint density at radius 3 is 2.20 bits per heavy atom. The van der Waals surface area contributed by atoms with Crippen LogP contribution in [-0.2, 0) is 4.79 Å². The van der Waals surface area contributed by atoms with Gasteiger partial charge in [0.1, 0.15) is 0 Å². The summed E-state index contributed by atoms with van der Waals surface area (Å²) in [5.41, 5.74) is 5.38. The molecule has 1 heterocycles. The summed E-state index contributed by atoms with van der Waals surface area (Å²) in [4.78, 5) is 12.4. The van der Waals surface area contributed by atoms with Crippen LogP contribution in [-0.4, -0.2) is 30.4 Å². The van der Waals surface area contributed by atoms with Crippen LogP contribution in [0.4, 0.5) is 0 Å². The lowest BCUT2D eigenvalue weighted by atomic mass is 10.3. The fraction of sp³-hybridized carbons (Fsp3) is 0.857. The van der Waals surface area contributed by atoms with E-state index in [9.17, 15) is 4.79 Å². The Morgan fingerprint density at radius 2 is 2.10 bits per heavy atom. The zero-order valence-electron chi connectivity index (χ0n) is 6.92. The van der Waals surface area contributed by atoms with E-state index in [1.807, 2.05) is 13.8 Å². The average Bonchev–Trinajstić information content (AvgIpc) is 2.25. The molecule has 1 atom stereocenters. The molecule has 1 fully saturated rings. The van der Waals surface area contributed by atoms with Crippen molar-refractivity contribution < 1.29 is 4.79 Å². The molecule has 3 nitrogen and oxygen atoms in total. The second kappa shape index (κ2) is 4.28. The molecule has 1 amide bonds. The van der Waals surface area contributed by atoms with Crippen molar-refractivity contribution in [2.45, 2.75) is 26.3 Å². The van der Waals surface area contributed by atoms with Crippen molar-refractivity contribution in [2.75, 3.05) is 13.6 Å². The normalized spacial score (nSPS) is 24.2. The van der Waals surface area contributed by atoms with E-state index in [-0.39, 0.29) is 11.9 Å². The van der Waals surface area contributed by atoms with Crippen LogP contribution < -0.4 is 5.73 Å². The van der Waals surface area contributed by atoms with Crippen molar-refractivity contribution >= 4 is 5.91 Å². The molecule has 1 aliphatic rings. The van der Waals surface area contributed by atoms with Crippen LogP contribution in [0.15, 0.2) is 0 Å². The van der Waals surface area contributed by atoms with E-state index >= 15 is 0 Å². The van der Waals surface area contributed by atoms with Crippen LogP contribution in [0.1, 0.15) is 20.3 Å². The third-order valence-electron chi connectivity index (χ3n) is 1.47. The molecule has 1 unspecified atom stereocenters. The summed E-state index contributed by atoms with van der Waals surface area (Å²) >= 11 is 0. The van der Waals surface area contributed by atoms with E-state index in [4.69, 9.17) is 5.73 Å². The molecule has 2 N–H and O–H groups in total. The number of amides is 1. The highest BCUT2D eigenvalue weighted by molar-refractivity contribution is 5.83. The van der Waals surface area contributed by atoms with Crippen molar-refractivity contribution in [3.8, 4) is 0 Å². The Hall–Kier alpha value is -0.570. The Bertz CT molecular complexity index is 102. The van der Waals surface area contributed by atoms with Gasteiger partial charge in [0.25, 0.3) is 0 Å². The average molecular weight is 144 g/mol. The van der Waals surface area contributed by atoms with Gasteiger partial charge in [0, 0.05) is 13.6 Å². The van der Waals surface area contributed by atoms with Crippen LogP contribution in [0.3, 0.4) is 0 Å². The molecule has 1 aliphatic heterocycles. The topological polar surface area (TPSA) is 46.3 Å². The summed E-state index contributed by atoms with van der Waals surface area (Å²) in [7, 11) is 1.77. The highest BCUT2D eigenvalue weighted by Gasteiger charge is 2.24. The van der Waals surface area contributed by atoms with E-state index in [0.29, 0.717) is 0 Å². The SMILES string of the molecule is CC.CN1CCC(N)C1=O. The molecule has 0 aromatic carbocycles. The maximum atomic E-state index is 10.7. The maximum absolute atomic E-state index is 10.7. The number of nitrogens with zero attached hydrogens (tertiary/aromatic N) is 1. The smallest absolute Gasteiger partial charge is 0.239 e. The molecule has 0 radical (unpaired) electrons. The van der Waals surface area contributed by atoms with Gasteiger partial charge in [0.15, 0.2) is 0 Å². The number of carbonyl (C=O) groups is 1. The van der Waals surface area contributed by atoms with Crippen molar-refractivity contribution in [3.05, 3.63) is 0 Å². The first-order valence-electron chi connectivity index (χ1n) is 3.72. The molecular formula is C7H16N2O. The van der Waals surface area contributed by atoms with Gasteiger partial charge in [-0.2, -0.15) is 0 Å². The van der Waals surface area contributed by atoms with Crippen LogP contribution >= 0.6 is 0 Å². The van der Waals surface area contributed by atoms with Gasteiger partial charge < -0.3 is 10.6 Å². The standard InChI is InChI=1S/C5H10N2O.C2H6/c1-7-3-2-4(6)5(7)8;1-2/h4H,2-3,6H2,1H3;1-2H3. The second-order valence-corrected chi connectivity index (χ2v) is 2.15. The Labute approximate surface area is 62.2 Å². The minimum absolute atomic E-state index is 0.0741. The molecule has 0 saturated carbocycles. The first-order valence-corrected chi connectivity index (χ1v) is 3.72. The third kappa shape index (κ3) is 1.99. The highest BCUT2D eigenvalue weighted by atomic mass is 16.2. The lowest BCUT2D eigenvalue weighted by Gasteiger charge is -2.05. The molecule has 0 spiro atoms. The lowest BCUT2D eigenvalue weighted by Crippen LogP contribution is -2.31. The third-order valence-corrected chi connectivity index (χ3v) is 1.47. The van der Waals surface area contributed by atoms with E-state index in [2.05, 4.69) is 0 Å². The van der Waals surface area contributed by atoms with Gasteiger partial charge >= 0.3 is 0 Å². The number of likely N-dealkylation sites (N-methyl/N-ethyl adjacent to an activating group) is 1. The van der Waals surface area contributed by atoms with E-state index in [1.54, 1.807) is 11.9 Å². The monoisotopic (exact) mass is 144 g/mol. The van der Waals surface area contributed by atoms with Gasteiger partial charge in [-0.3, -0.25) is 4.79 Å².